The molecule has 2 fully saturated rings. The Morgan fingerprint density at radius 2 is 1.89 bits per heavy atom. The Morgan fingerprint density at radius 1 is 1.22 bits per heavy atom. The maximum absolute atomic E-state index is 12.5. The molecule has 0 aromatic heterocycles. The highest BCUT2D eigenvalue weighted by atomic mass is 35.5. The summed E-state index contributed by atoms with van der Waals surface area (Å²) < 4.78 is 5.83. The molecule has 96 valence electrons. The molecule has 2 nitrogen and oxygen atoms in total. The third-order valence-corrected chi connectivity index (χ3v) is 4.47. The van der Waals surface area contributed by atoms with Crippen molar-refractivity contribution in [1.29, 1.82) is 0 Å². The zero-order chi connectivity index (χ0) is 13.0. The van der Waals surface area contributed by atoms with Crippen molar-refractivity contribution in [3.63, 3.8) is 0 Å². The zero-order valence-electron chi connectivity index (χ0n) is 10.7. The standard InChI is InChI=1S/C15H17ClO2/c1-14(2)8-3-9-15(13(14)17)12(18-15)10-4-6-11(16)7-5-10/h4-7,12H,3,8-9H2,1-2H3/t12-,15+/m0/s1. The van der Waals surface area contributed by atoms with Gasteiger partial charge in [-0.15, -0.1) is 0 Å². The Morgan fingerprint density at radius 3 is 2.56 bits per heavy atom. The molecule has 0 radical (unpaired) electrons. The van der Waals surface area contributed by atoms with Crippen molar-refractivity contribution in [3.8, 4) is 0 Å². The summed E-state index contributed by atoms with van der Waals surface area (Å²) in [4.78, 5) is 12.5. The van der Waals surface area contributed by atoms with E-state index in [0.29, 0.717) is 5.02 Å². The fourth-order valence-corrected chi connectivity index (χ4v) is 3.23. The van der Waals surface area contributed by atoms with Crippen LogP contribution in [0.4, 0.5) is 0 Å². The average molecular weight is 265 g/mol. The Balaban J connectivity index is 1.87. The highest BCUT2D eigenvalue weighted by Gasteiger charge is 2.66. The summed E-state index contributed by atoms with van der Waals surface area (Å²) in [5.74, 6) is 0.265. The predicted octanol–water partition coefficient (Wildman–Crippen LogP) is 3.93. The van der Waals surface area contributed by atoms with E-state index in [-0.39, 0.29) is 17.3 Å². The summed E-state index contributed by atoms with van der Waals surface area (Å²) >= 11 is 5.88. The Labute approximate surface area is 112 Å². The minimum atomic E-state index is -0.546. The molecule has 0 amide bonds. The predicted molar refractivity (Wildman–Crippen MR) is 70.6 cm³/mol. The van der Waals surface area contributed by atoms with Crippen LogP contribution in [-0.2, 0) is 9.53 Å². The van der Waals surface area contributed by atoms with Gasteiger partial charge in [0.25, 0.3) is 0 Å². The molecule has 3 rings (SSSR count). The van der Waals surface area contributed by atoms with Gasteiger partial charge in [-0.2, -0.15) is 0 Å². The summed E-state index contributed by atoms with van der Waals surface area (Å²) in [5.41, 5.74) is 0.264. The number of epoxide rings is 1. The molecular formula is C15H17ClO2. The molecule has 2 atom stereocenters. The molecule has 0 unspecified atom stereocenters. The maximum atomic E-state index is 12.5. The number of Topliss-reactive ketones (excluding diaryl/α,β-unsaturated/α-hetero) is 1. The van der Waals surface area contributed by atoms with Crippen LogP contribution in [0.3, 0.4) is 0 Å². The first-order valence-corrected chi connectivity index (χ1v) is 6.82. The molecule has 1 saturated heterocycles. The second kappa shape index (κ2) is 3.82. The molecule has 2 aliphatic rings. The van der Waals surface area contributed by atoms with Crippen LogP contribution in [0.15, 0.2) is 24.3 Å². The smallest absolute Gasteiger partial charge is 0.173 e. The lowest BCUT2D eigenvalue weighted by molar-refractivity contribution is -0.135. The minimum absolute atomic E-state index is 0.0677. The van der Waals surface area contributed by atoms with Gasteiger partial charge in [0.2, 0.25) is 0 Å². The maximum Gasteiger partial charge on any atom is 0.173 e. The molecule has 1 saturated carbocycles. The van der Waals surface area contributed by atoms with Crippen molar-refractivity contribution < 1.29 is 9.53 Å². The van der Waals surface area contributed by atoms with Gasteiger partial charge in [-0.05, 0) is 37.0 Å². The first-order valence-electron chi connectivity index (χ1n) is 6.44. The molecule has 1 aromatic carbocycles. The summed E-state index contributed by atoms with van der Waals surface area (Å²) in [7, 11) is 0. The van der Waals surface area contributed by atoms with Crippen molar-refractivity contribution in [2.45, 2.75) is 44.8 Å². The average Bonchev–Trinajstić information content (AvgIpc) is 3.03. The largest absolute Gasteiger partial charge is 0.353 e. The number of carbonyl (C=O) groups excluding carboxylic acids is 1. The van der Waals surface area contributed by atoms with E-state index in [0.717, 1.165) is 24.8 Å². The molecule has 1 aromatic rings. The van der Waals surface area contributed by atoms with Gasteiger partial charge in [0.15, 0.2) is 11.4 Å². The molecular weight excluding hydrogens is 248 g/mol. The van der Waals surface area contributed by atoms with E-state index < -0.39 is 5.60 Å². The normalized spacial score (nSPS) is 33.7. The van der Waals surface area contributed by atoms with Crippen LogP contribution < -0.4 is 0 Å². The van der Waals surface area contributed by atoms with Crippen LogP contribution in [0.2, 0.25) is 5.02 Å². The van der Waals surface area contributed by atoms with Crippen LogP contribution in [-0.4, -0.2) is 11.4 Å². The van der Waals surface area contributed by atoms with Crippen LogP contribution in [0.5, 0.6) is 0 Å². The first kappa shape index (κ1) is 12.2. The van der Waals surface area contributed by atoms with Gasteiger partial charge in [0.1, 0.15) is 6.10 Å². The van der Waals surface area contributed by atoms with E-state index in [1.165, 1.54) is 0 Å². The van der Waals surface area contributed by atoms with Crippen molar-refractivity contribution in [2.24, 2.45) is 5.41 Å². The molecule has 0 bridgehead atoms. The van der Waals surface area contributed by atoms with Gasteiger partial charge in [-0.25, -0.2) is 0 Å². The fourth-order valence-electron chi connectivity index (χ4n) is 3.11. The van der Waals surface area contributed by atoms with E-state index in [1.807, 2.05) is 38.1 Å². The van der Waals surface area contributed by atoms with Gasteiger partial charge in [-0.1, -0.05) is 37.6 Å². The zero-order valence-corrected chi connectivity index (χ0v) is 11.5. The second-order valence-electron chi connectivity index (χ2n) is 6.01. The van der Waals surface area contributed by atoms with Gasteiger partial charge in [0.05, 0.1) is 0 Å². The molecule has 18 heavy (non-hydrogen) atoms. The Hall–Kier alpha value is -0.860. The van der Waals surface area contributed by atoms with Crippen LogP contribution in [0, 0.1) is 5.41 Å². The lowest BCUT2D eigenvalue weighted by atomic mass is 9.69. The molecule has 1 spiro atoms. The van der Waals surface area contributed by atoms with Crippen LogP contribution in [0.1, 0.15) is 44.8 Å². The number of ketones is 1. The molecule has 1 aliphatic carbocycles. The third-order valence-electron chi connectivity index (χ3n) is 4.22. The van der Waals surface area contributed by atoms with E-state index in [1.54, 1.807) is 0 Å². The number of ether oxygens (including phenoxy) is 1. The van der Waals surface area contributed by atoms with E-state index in [2.05, 4.69) is 0 Å². The third kappa shape index (κ3) is 1.70. The number of carbonyl (C=O) groups is 1. The molecule has 3 heteroatoms. The number of hydrogen-bond donors (Lipinski definition) is 0. The summed E-state index contributed by atoms with van der Waals surface area (Å²) in [6.45, 7) is 4.05. The van der Waals surface area contributed by atoms with Gasteiger partial charge in [0, 0.05) is 10.4 Å². The number of halogens is 1. The van der Waals surface area contributed by atoms with Crippen LogP contribution >= 0.6 is 11.6 Å². The first-order chi connectivity index (χ1) is 8.46. The highest BCUT2D eigenvalue weighted by Crippen LogP contribution is 2.59. The van der Waals surface area contributed by atoms with Gasteiger partial charge >= 0.3 is 0 Å². The SMILES string of the molecule is CC1(C)CCC[C@]2(O[C@H]2c2ccc(Cl)cc2)C1=O. The van der Waals surface area contributed by atoms with E-state index >= 15 is 0 Å². The highest BCUT2D eigenvalue weighted by molar-refractivity contribution is 6.30. The van der Waals surface area contributed by atoms with Gasteiger partial charge < -0.3 is 4.74 Å². The van der Waals surface area contributed by atoms with Crippen molar-refractivity contribution >= 4 is 17.4 Å². The second-order valence-corrected chi connectivity index (χ2v) is 6.44. The number of rotatable bonds is 1. The Bertz CT molecular complexity index is 492. The Kier molecular flexibility index (Phi) is 2.58. The molecule has 1 heterocycles. The molecule has 1 aliphatic heterocycles. The number of benzene rings is 1. The lowest BCUT2D eigenvalue weighted by Gasteiger charge is -2.32. The minimum Gasteiger partial charge on any atom is -0.353 e. The van der Waals surface area contributed by atoms with Crippen molar-refractivity contribution in [2.75, 3.05) is 0 Å². The summed E-state index contributed by atoms with van der Waals surface area (Å²) in [5, 5.41) is 0.712. The fraction of sp³-hybridized carbons (Fsp3) is 0.533. The van der Waals surface area contributed by atoms with Crippen molar-refractivity contribution in [3.05, 3.63) is 34.9 Å². The van der Waals surface area contributed by atoms with Crippen LogP contribution in [0.25, 0.3) is 0 Å². The van der Waals surface area contributed by atoms with E-state index in [4.69, 9.17) is 16.3 Å². The molecule has 0 N–H and O–H groups in total. The summed E-state index contributed by atoms with van der Waals surface area (Å²) in [6, 6.07) is 7.61. The topological polar surface area (TPSA) is 29.6 Å². The van der Waals surface area contributed by atoms with E-state index in [9.17, 15) is 4.79 Å². The van der Waals surface area contributed by atoms with Crippen molar-refractivity contribution in [1.82, 2.24) is 0 Å². The summed E-state index contributed by atoms with van der Waals surface area (Å²) in [6.07, 6.45) is 2.80. The van der Waals surface area contributed by atoms with Gasteiger partial charge in [-0.3, -0.25) is 4.79 Å². The monoisotopic (exact) mass is 264 g/mol. The number of hydrogen-bond acceptors (Lipinski definition) is 2. The quantitative estimate of drug-likeness (QED) is 0.720. The lowest BCUT2D eigenvalue weighted by Crippen LogP contribution is -2.41.